The van der Waals surface area contributed by atoms with Crippen molar-refractivity contribution < 1.29 is 39.9 Å². The Labute approximate surface area is 217 Å². The Hall–Kier alpha value is -3.09. The summed E-state index contributed by atoms with van der Waals surface area (Å²) in [6.07, 6.45) is -0.354. The summed E-state index contributed by atoms with van der Waals surface area (Å²) in [6.45, 7) is 1.35. The summed E-state index contributed by atoms with van der Waals surface area (Å²) in [5.74, 6) is -6.10. The van der Waals surface area contributed by atoms with Crippen LogP contribution in [0, 0.1) is 17.5 Å². The van der Waals surface area contributed by atoms with E-state index in [1.54, 1.807) is 0 Å². The van der Waals surface area contributed by atoms with Crippen molar-refractivity contribution in [2.24, 2.45) is 0 Å². The third-order valence-corrected chi connectivity index (χ3v) is 9.11. The Bertz CT molecular complexity index is 1530. The minimum Gasteiger partial charge on any atom is -0.480 e. The molecule has 0 aliphatic rings. The van der Waals surface area contributed by atoms with E-state index in [-0.39, 0.29) is 27.5 Å². The molecule has 0 aromatic heterocycles. The fraction of sp³-hybridized carbons (Fsp3) is 0.208. The second-order valence-corrected chi connectivity index (χ2v) is 12.5. The average molecular weight is 576 g/mol. The number of hydrogen-bond acceptors (Lipinski definition) is 5. The number of rotatable bonds is 10. The van der Waals surface area contributed by atoms with Gasteiger partial charge >= 0.3 is 5.97 Å². The smallest absolute Gasteiger partial charge is 0.318 e. The molecule has 13 heteroatoms. The summed E-state index contributed by atoms with van der Waals surface area (Å²) in [4.78, 5) is 10.5. The summed E-state index contributed by atoms with van der Waals surface area (Å²) < 4.78 is 95.4. The van der Waals surface area contributed by atoms with E-state index in [0.717, 1.165) is 24.3 Å². The van der Waals surface area contributed by atoms with E-state index in [1.807, 2.05) is 0 Å². The zero-order valence-electron chi connectivity index (χ0n) is 19.2. The second kappa shape index (κ2) is 11.1. The number of aryl methyl sites for hydroxylation is 1. The lowest BCUT2D eigenvalue weighted by molar-refractivity contribution is -0.134. The van der Waals surface area contributed by atoms with Crippen molar-refractivity contribution >= 4 is 43.1 Å². The molecule has 7 nitrogen and oxygen atoms in total. The van der Waals surface area contributed by atoms with E-state index in [4.69, 9.17) is 16.7 Å². The largest absolute Gasteiger partial charge is 0.480 e. The van der Waals surface area contributed by atoms with Gasteiger partial charge in [-0.2, -0.15) is 0 Å². The average Bonchev–Trinajstić information content (AvgIpc) is 2.79. The molecule has 0 heterocycles. The molecule has 0 aliphatic heterocycles. The van der Waals surface area contributed by atoms with Crippen LogP contribution in [0.3, 0.4) is 0 Å². The van der Waals surface area contributed by atoms with Crippen molar-refractivity contribution in [1.82, 2.24) is 0 Å². The fourth-order valence-electron chi connectivity index (χ4n) is 3.77. The highest BCUT2D eigenvalue weighted by molar-refractivity contribution is 7.93. The van der Waals surface area contributed by atoms with Gasteiger partial charge in [-0.3, -0.25) is 9.10 Å². The van der Waals surface area contributed by atoms with Gasteiger partial charge in [0.05, 0.1) is 22.4 Å². The minimum absolute atomic E-state index is 0.0505. The molecule has 0 radical (unpaired) electrons. The number of carboxylic acids is 1. The number of benzene rings is 3. The summed E-state index contributed by atoms with van der Waals surface area (Å²) in [7, 11) is -8.64. The number of aliphatic carboxylic acids is 1. The van der Waals surface area contributed by atoms with Crippen LogP contribution in [0.2, 0.25) is 5.02 Å². The Morgan fingerprint density at radius 1 is 0.946 bits per heavy atom. The van der Waals surface area contributed by atoms with Gasteiger partial charge in [0, 0.05) is 11.1 Å². The van der Waals surface area contributed by atoms with Gasteiger partial charge < -0.3 is 5.11 Å². The van der Waals surface area contributed by atoms with Gasteiger partial charge in [-0.25, -0.2) is 30.0 Å². The van der Waals surface area contributed by atoms with Crippen LogP contribution in [-0.2, 0) is 31.1 Å². The molecular weight excluding hydrogens is 555 g/mol. The number of carbonyl (C=O) groups is 1. The topological polar surface area (TPSA) is 109 Å². The minimum atomic E-state index is -4.57. The predicted molar refractivity (Wildman–Crippen MR) is 132 cm³/mol. The molecule has 0 bridgehead atoms. The Kier molecular flexibility index (Phi) is 8.56. The molecule has 0 saturated heterocycles. The number of halogens is 4. The van der Waals surface area contributed by atoms with E-state index in [9.17, 15) is 34.8 Å². The highest BCUT2D eigenvalue weighted by Crippen LogP contribution is 2.37. The lowest BCUT2D eigenvalue weighted by atomic mass is 9.99. The van der Waals surface area contributed by atoms with E-state index in [2.05, 4.69) is 0 Å². The highest BCUT2D eigenvalue weighted by atomic mass is 35.5. The molecular formula is C24H21ClF3NO6S2. The van der Waals surface area contributed by atoms with Crippen LogP contribution in [-0.4, -0.2) is 39.4 Å². The molecule has 0 aliphatic carbocycles. The second-order valence-electron chi connectivity index (χ2n) is 8.11. The summed E-state index contributed by atoms with van der Waals surface area (Å²) >= 11 is 5.86. The van der Waals surface area contributed by atoms with Crippen LogP contribution >= 0.6 is 11.6 Å². The van der Waals surface area contributed by atoms with E-state index < -0.39 is 66.5 Å². The number of sulfonamides is 1. The number of sulfone groups is 1. The molecule has 3 aromatic rings. The number of hydrogen-bond donors (Lipinski definition) is 1. The third kappa shape index (κ3) is 6.82. The molecule has 0 fully saturated rings. The lowest BCUT2D eigenvalue weighted by Gasteiger charge is -2.32. The first-order valence-corrected chi connectivity index (χ1v) is 14.3. The Morgan fingerprint density at radius 2 is 1.54 bits per heavy atom. The highest BCUT2D eigenvalue weighted by Gasteiger charge is 2.34. The molecule has 0 amide bonds. The molecule has 3 rings (SSSR count). The van der Waals surface area contributed by atoms with E-state index in [0.29, 0.717) is 10.4 Å². The maximum atomic E-state index is 14.9. The van der Waals surface area contributed by atoms with Gasteiger partial charge in [0.15, 0.2) is 9.84 Å². The number of nitrogens with zero attached hydrogens (tertiary/aromatic N) is 1. The van der Waals surface area contributed by atoms with Gasteiger partial charge in [0.2, 0.25) is 0 Å². The Morgan fingerprint density at radius 3 is 2.16 bits per heavy atom. The van der Waals surface area contributed by atoms with Gasteiger partial charge in [0.1, 0.15) is 23.2 Å². The molecule has 0 unspecified atom stereocenters. The first-order valence-electron chi connectivity index (χ1n) is 10.7. The molecule has 3 aromatic carbocycles. The molecule has 37 heavy (non-hydrogen) atoms. The van der Waals surface area contributed by atoms with E-state index >= 15 is 0 Å². The number of carboxylic acid groups (broad SMARTS) is 1. The first kappa shape index (κ1) is 28.5. The van der Waals surface area contributed by atoms with Crippen LogP contribution in [0.5, 0.6) is 0 Å². The quantitative estimate of drug-likeness (QED) is 0.373. The maximum Gasteiger partial charge on any atom is 0.318 e. The lowest BCUT2D eigenvalue weighted by Crippen LogP contribution is -2.35. The Balaban J connectivity index is 2.16. The molecule has 198 valence electrons. The van der Waals surface area contributed by atoms with Crippen molar-refractivity contribution in [2.45, 2.75) is 24.3 Å². The van der Waals surface area contributed by atoms with Crippen LogP contribution < -0.4 is 4.31 Å². The van der Waals surface area contributed by atoms with Crippen LogP contribution in [0.4, 0.5) is 18.9 Å². The van der Waals surface area contributed by atoms with Gasteiger partial charge in [0.25, 0.3) is 10.0 Å². The van der Waals surface area contributed by atoms with Gasteiger partial charge in [-0.1, -0.05) is 17.7 Å². The normalized spacial score (nSPS) is 12.8. The zero-order chi connectivity index (χ0) is 27.5. The van der Waals surface area contributed by atoms with Crippen LogP contribution in [0.25, 0.3) is 0 Å². The fourth-order valence-corrected chi connectivity index (χ4v) is 6.58. The SMILES string of the molecule is C[C@H](c1ccc(F)cc1CCS(=O)(=O)CC(=O)O)N(c1cc(F)ccc1F)S(=O)(=O)c1ccc(Cl)cc1. The standard InChI is InChI=1S/C24H21ClF3NO6S2/c1-15(21-8-4-18(26)12-16(21)10-11-36(32,33)14-24(30)31)29(23-13-19(27)5-9-22(23)28)37(34,35)20-6-2-17(25)3-7-20/h2-9,12-13,15H,10-11,14H2,1H3,(H,30,31)/t15-/m1/s1. The summed E-state index contributed by atoms with van der Waals surface area (Å²) in [6, 6.07) is 9.14. The molecule has 1 atom stereocenters. The third-order valence-electron chi connectivity index (χ3n) is 5.45. The summed E-state index contributed by atoms with van der Waals surface area (Å²) in [5.41, 5.74) is -0.473. The molecule has 0 spiro atoms. The van der Waals surface area contributed by atoms with Crippen molar-refractivity contribution in [2.75, 3.05) is 15.8 Å². The maximum absolute atomic E-state index is 14.9. The van der Waals surface area contributed by atoms with Crippen LogP contribution in [0.1, 0.15) is 24.1 Å². The summed E-state index contributed by atoms with van der Waals surface area (Å²) in [5, 5.41) is 9.04. The van der Waals surface area contributed by atoms with Crippen molar-refractivity contribution in [3.8, 4) is 0 Å². The van der Waals surface area contributed by atoms with Crippen molar-refractivity contribution in [3.05, 3.63) is 94.3 Å². The molecule has 1 N–H and O–H groups in total. The van der Waals surface area contributed by atoms with E-state index in [1.165, 1.54) is 37.3 Å². The number of anilines is 1. The predicted octanol–water partition coefficient (Wildman–Crippen LogP) is 4.76. The van der Waals surface area contributed by atoms with Gasteiger partial charge in [-0.05, 0) is 73.0 Å². The van der Waals surface area contributed by atoms with Crippen LogP contribution in [0.15, 0.2) is 65.6 Å². The van der Waals surface area contributed by atoms with Crippen molar-refractivity contribution in [1.29, 1.82) is 0 Å². The molecule has 0 saturated carbocycles. The monoisotopic (exact) mass is 575 g/mol. The van der Waals surface area contributed by atoms with Crippen molar-refractivity contribution in [3.63, 3.8) is 0 Å². The zero-order valence-corrected chi connectivity index (χ0v) is 21.6. The van der Waals surface area contributed by atoms with Gasteiger partial charge in [-0.15, -0.1) is 0 Å². The first-order chi connectivity index (χ1) is 17.2.